The largest absolute Gasteiger partial charge is 0.496 e. The average Bonchev–Trinajstić information content (AvgIpc) is 2.79. The molecule has 166 valence electrons. The number of carboxylic acids is 1. The Hall–Kier alpha value is -3.06. The third-order valence-corrected chi connectivity index (χ3v) is 5.56. The van der Waals surface area contributed by atoms with E-state index >= 15 is 0 Å². The van der Waals surface area contributed by atoms with Crippen molar-refractivity contribution in [1.82, 2.24) is 0 Å². The van der Waals surface area contributed by atoms with E-state index in [1.165, 1.54) is 0 Å². The summed E-state index contributed by atoms with van der Waals surface area (Å²) >= 11 is 0. The molecule has 2 aromatic carbocycles. The first-order chi connectivity index (χ1) is 15.1. The molecule has 0 atom stereocenters. The Bertz CT molecular complexity index is 876. The number of rotatable bonds is 9. The maximum Gasteiger partial charge on any atom is 0.411 e. The van der Waals surface area contributed by atoms with Gasteiger partial charge in [-0.15, -0.1) is 0 Å². The average molecular weight is 427 g/mol. The van der Waals surface area contributed by atoms with Crippen LogP contribution in [0.25, 0.3) is 11.1 Å². The minimum Gasteiger partial charge on any atom is -0.496 e. The van der Waals surface area contributed by atoms with Crippen LogP contribution in [0.1, 0.15) is 25.7 Å². The smallest absolute Gasteiger partial charge is 0.411 e. The van der Waals surface area contributed by atoms with Crippen LogP contribution in [0.2, 0.25) is 0 Å². The Kier molecular flexibility index (Phi) is 8.29. The predicted molar refractivity (Wildman–Crippen MR) is 117 cm³/mol. The number of anilines is 1. The number of carbonyl (C=O) groups is 2. The van der Waals surface area contributed by atoms with Crippen molar-refractivity contribution in [2.75, 3.05) is 32.2 Å². The van der Waals surface area contributed by atoms with Gasteiger partial charge in [0.25, 0.3) is 0 Å². The third-order valence-electron chi connectivity index (χ3n) is 5.56. The molecule has 0 saturated heterocycles. The highest BCUT2D eigenvalue weighted by molar-refractivity contribution is 5.92. The van der Waals surface area contributed by atoms with Crippen molar-refractivity contribution in [3.05, 3.63) is 48.5 Å². The molecule has 1 aliphatic rings. The standard InChI is InChI=1S/C24H29NO6/c1-29-22-9-5-3-7-20(22)19-6-2-4-8-21(19)25-24(28)31-15-18-12-10-17(11-13-18)14-30-16-23(26)27/h2-9,17-18H,10-16H2,1H3,(H,25,28)(H,26,27). The van der Waals surface area contributed by atoms with Gasteiger partial charge in [0.2, 0.25) is 0 Å². The summed E-state index contributed by atoms with van der Waals surface area (Å²) in [5.74, 6) is 0.470. The van der Waals surface area contributed by atoms with Crippen LogP contribution in [-0.2, 0) is 14.3 Å². The van der Waals surface area contributed by atoms with Gasteiger partial charge in [0, 0.05) is 11.1 Å². The number of para-hydroxylation sites is 2. The molecular weight excluding hydrogens is 398 g/mol. The van der Waals surface area contributed by atoms with Crippen LogP contribution >= 0.6 is 0 Å². The van der Waals surface area contributed by atoms with Gasteiger partial charge in [0.15, 0.2) is 0 Å². The molecule has 7 heteroatoms. The maximum atomic E-state index is 12.4. The number of methoxy groups -OCH3 is 1. The Morgan fingerprint density at radius 1 is 0.935 bits per heavy atom. The first-order valence-corrected chi connectivity index (χ1v) is 10.5. The minimum atomic E-state index is -0.944. The molecule has 0 bridgehead atoms. The van der Waals surface area contributed by atoms with Gasteiger partial charge in [-0.05, 0) is 49.7 Å². The van der Waals surface area contributed by atoms with Crippen molar-refractivity contribution in [2.24, 2.45) is 11.8 Å². The minimum absolute atomic E-state index is 0.250. The molecule has 1 fully saturated rings. The SMILES string of the molecule is COc1ccccc1-c1ccccc1NC(=O)OCC1CCC(COCC(=O)O)CC1. The monoisotopic (exact) mass is 427 g/mol. The van der Waals surface area contributed by atoms with Crippen LogP contribution in [0.5, 0.6) is 5.75 Å². The van der Waals surface area contributed by atoms with Crippen LogP contribution in [0.15, 0.2) is 48.5 Å². The second kappa shape index (κ2) is 11.4. The van der Waals surface area contributed by atoms with E-state index in [1.807, 2.05) is 48.5 Å². The Balaban J connectivity index is 1.49. The highest BCUT2D eigenvalue weighted by atomic mass is 16.5. The lowest BCUT2D eigenvalue weighted by Gasteiger charge is -2.27. The van der Waals surface area contributed by atoms with Gasteiger partial charge < -0.3 is 19.3 Å². The highest BCUT2D eigenvalue weighted by Gasteiger charge is 2.23. The number of carbonyl (C=O) groups excluding carboxylic acids is 1. The second-order valence-electron chi connectivity index (χ2n) is 7.76. The fourth-order valence-electron chi connectivity index (χ4n) is 3.91. The number of benzene rings is 2. The van der Waals surface area contributed by atoms with Crippen LogP contribution in [0.3, 0.4) is 0 Å². The van der Waals surface area contributed by atoms with Crippen LogP contribution < -0.4 is 10.1 Å². The van der Waals surface area contributed by atoms with Gasteiger partial charge in [-0.25, -0.2) is 9.59 Å². The van der Waals surface area contributed by atoms with Crippen molar-refractivity contribution in [2.45, 2.75) is 25.7 Å². The Morgan fingerprint density at radius 2 is 1.55 bits per heavy atom. The lowest BCUT2D eigenvalue weighted by Crippen LogP contribution is -2.25. The van der Waals surface area contributed by atoms with E-state index in [0.29, 0.717) is 30.7 Å². The number of hydrogen-bond donors (Lipinski definition) is 2. The quantitative estimate of drug-likeness (QED) is 0.596. The molecule has 0 aliphatic heterocycles. The lowest BCUT2D eigenvalue weighted by atomic mass is 9.83. The lowest BCUT2D eigenvalue weighted by molar-refractivity contribution is -0.142. The zero-order chi connectivity index (χ0) is 22.1. The van der Waals surface area contributed by atoms with Crippen LogP contribution in [0, 0.1) is 11.8 Å². The van der Waals surface area contributed by atoms with Crippen molar-refractivity contribution in [3.8, 4) is 16.9 Å². The summed E-state index contributed by atoms with van der Waals surface area (Å²) in [4.78, 5) is 22.9. The number of ether oxygens (including phenoxy) is 3. The zero-order valence-electron chi connectivity index (χ0n) is 17.7. The molecule has 0 heterocycles. The topological polar surface area (TPSA) is 94.1 Å². The third kappa shape index (κ3) is 6.72. The molecule has 1 aliphatic carbocycles. The van der Waals surface area contributed by atoms with Crippen molar-refractivity contribution < 1.29 is 28.9 Å². The van der Waals surface area contributed by atoms with Gasteiger partial charge in [-0.1, -0.05) is 36.4 Å². The summed E-state index contributed by atoms with van der Waals surface area (Å²) in [6.07, 6.45) is 3.30. The first kappa shape index (κ1) is 22.6. The zero-order valence-corrected chi connectivity index (χ0v) is 17.7. The fraction of sp³-hybridized carbons (Fsp3) is 0.417. The first-order valence-electron chi connectivity index (χ1n) is 10.5. The van der Waals surface area contributed by atoms with Gasteiger partial charge >= 0.3 is 12.1 Å². The molecule has 7 nitrogen and oxygen atoms in total. The summed E-state index contributed by atoms with van der Waals surface area (Å²) in [5, 5.41) is 11.5. The van der Waals surface area contributed by atoms with Crippen molar-refractivity contribution in [3.63, 3.8) is 0 Å². The normalized spacial score (nSPS) is 18.2. The number of nitrogens with one attached hydrogen (secondary N) is 1. The molecule has 1 amide bonds. The van der Waals surface area contributed by atoms with E-state index in [1.54, 1.807) is 7.11 Å². The molecule has 0 unspecified atom stereocenters. The molecule has 2 N–H and O–H groups in total. The molecule has 3 rings (SSSR count). The van der Waals surface area contributed by atoms with Crippen molar-refractivity contribution in [1.29, 1.82) is 0 Å². The molecule has 0 aromatic heterocycles. The van der Waals surface area contributed by atoms with Crippen LogP contribution in [-0.4, -0.2) is 44.1 Å². The molecular formula is C24H29NO6. The van der Waals surface area contributed by atoms with E-state index in [9.17, 15) is 9.59 Å². The maximum absolute atomic E-state index is 12.4. The molecule has 0 spiro atoms. The fourth-order valence-corrected chi connectivity index (χ4v) is 3.91. The highest BCUT2D eigenvalue weighted by Crippen LogP contribution is 2.35. The van der Waals surface area contributed by atoms with Crippen molar-refractivity contribution >= 4 is 17.7 Å². The van der Waals surface area contributed by atoms with Gasteiger partial charge in [0.05, 0.1) is 26.0 Å². The number of hydrogen-bond acceptors (Lipinski definition) is 5. The summed E-state index contributed by atoms with van der Waals surface area (Å²) in [6.45, 7) is 0.588. The summed E-state index contributed by atoms with van der Waals surface area (Å²) in [7, 11) is 1.62. The molecule has 2 aromatic rings. The van der Waals surface area contributed by atoms with E-state index in [2.05, 4.69) is 5.32 Å². The van der Waals surface area contributed by atoms with Gasteiger partial charge in [0.1, 0.15) is 12.4 Å². The molecule has 0 radical (unpaired) electrons. The van der Waals surface area contributed by atoms with E-state index < -0.39 is 12.1 Å². The van der Waals surface area contributed by atoms with E-state index in [-0.39, 0.29) is 6.61 Å². The summed E-state index contributed by atoms with van der Waals surface area (Å²) < 4.78 is 16.1. The van der Waals surface area contributed by atoms with E-state index in [4.69, 9.17) is 19.3 Å². The predicted octanol–water partition coefficient (Wildman–Crippen LogP) is 4.82. The molecule has 31 heavy (non-hydrogen) atoms. The Morgan fingerprint density at radius 3 is 2.23 bits per heavy atom. The molecule has 1 saturated carbocycles. The van der Waals surface area contributed by atoms with Crippen LogP contribution in [0.4, 0.5) is 10.5 Å². The number of carboxylic acid groups (broad SMARTS) is 1. The summed E-state index contributed by atoms with van der Waals surface area (Å²) in [6, 6.07) is 15.2. The van der Waals surface area contributed by atoms with Gasteiger partial charge in [-0.2, -0.15) is 0 Å². The number of aliphatic carboxylic acids is 1. The Labute approximate surface area is 182 Å². The van der Waals surface area contributed by atoms with Gasteiger partial charge in [-0.3, -0.25) is 5.32 Å². The van der Waals surface area contributed by atoms with E-state index in [0.717, 1.165) is 42.6 Å². The summed E-state index contributed by atoms with van der Waals surface area (Å²) in [5.41, 5.74) is 2.42. The second-order valence-corrected chi connectivity index (χ2v) is 7.76. The number of amides is 1.